The Morgan fingerprint density at radius 3 is 2.46 bits per heavy atom. The number of hydrogen-bond donors (Lipinski definition) is 0. The second-order valence-corrected chi connectivity index (χ2v) is 2.94. The zero-order valence-electron chi connectivity index (χ0n) is 8.40. The van der Waals surface area contributed by atoms with Gasteiger partial charge in [-0.05, 0) is 26.0 Å². The highest BCUT2D eigenvalue weighted by atomic mass is 15.1. The third-order valence-corrected chi connectivity index (χ3v) is 2.06. The van der Waals surface area contributed by atoms with Crippen molar-refractivity contribution in [3.05, 3.63) is 42.5 Å². The molecule has 0 N–H and O–H groups in total. The molecule has 0 unspecified atom stereocenters. The Morgan fingerprint density at radius 2 is 1.92 bits per heavy atom. The summed E-state index contributed by atoms with van der Waals surface area (Å²) in [6, 6.07) is 10.5. The van der Waals surface area contributed by atoms with E-state index in [9.17, 15) is 0 Å². The van der Waals surface area contributed by atoms with Gasteiger partial charge in [0.15, 0.2) is 0 Å². The Morgan fingerprint density at radius 1 is 1.23 bits per heavy atom. The minimum atomic E-state index is 0.997. The average Bonchev–Trinajstić information content (AvgIpc) is 2.21. The molecule has 0 aromatic heterocycles. The zero-order valence-corrected chi connectivity index (χ0v) is 8.40. The predicted molar refractivity (Wildman–Crippen MR) is 59.1 cm³/mol. The van der Waals surface area contributed by atoms with E-state index in [0.717, 1.165) is 13.1 Å². The van der Waals surface area contributed by atoms with Crippen LogP contribution in [0.2, 0.25) is 0 Å². The lowest BCUT2D eigenvalue weighted by atomic mass is 10.3. The van der Waals surface area contributed by atoms with E-state index in [1.165, 1.54) is 5.69 Å². The summed E-state index contributed by atoms with van der Waals surface area (Å²) in [5.41, 5.74) is 1.29. The van der Waals surface area contributed by atoms with Crippen LogP contribution in [0.15, 0.2) is 42.5 Å². The van der Waals surface area contributed by atoms with Crippen LogP contribution in [0.25, 0.3) is 0 Å². The SMILES string of the molecule is CC=CCN(CC)c1ccccc1. The lowest BCUT2D eigenvalue weighted by Gasteiger charge is -2.20. The molecule has 0 spiro atoms. The first-order chi connectivity index (χ1) is 6.38. The number of allylic oxidation sites excluding steroid dienone is 1. The van der Waals surface area contributed by atoms with Gasteiger partial charge in [-0.2, -0.15) is 0 Å². The van der Waals surface area contributed by atoms with Crippen molar-refractivity contribution in [2.24, 2.45) is 0 Å². The smallest absolute Gasteiger partial charge is 0.0368 e. The first-order valence-electron chi connectivity index (χ1n) is 4.79. The van der Waals surface area contributed by atoms with Crippen molar-refractivity contribution in [3.63, 3.8) is 0 Å². The number of anilines is 1. The van der Waals surface area contributed by atoms with Gasteiger partial charge in [0.25, 0.3) is 0 Å². The third kappa shape index (κ3) is 2.94. The third-order valence-electron chi connectivity index (χ3n) is 2.06. The fourth-order valence-corrected chi connectivity index (χ4v) is 1.29. The Bertz CT molecular complexity index is 251. The largest absolute Gasteiger partial charge is 0.368 e. The molecular formula is C12H17N. The molecule has 1 aromatic rings. The molecule has 0 heterocycles. The van der Waals surface area contributed by atoms with Crippen LogP contribution in [0.3, 0.4) is 0 Å². The number of nitrogens with zero attached hydrogens (tertiary/aromatic N) is 1. The van der Waals surface area contributed by atoms with Gasteiger partial charge < -0.3 is 4.90 Å². The molecule has 1 heteroatoms. The summed E-state index contributed by atoms with van der Waals surface area (Å²) in [5, 5.41) is 0. The van der Waals surface area contributed by atoms with Crippen LogP contribution in [0.4, 0.5) is 5.69 Å². The summed E-state index contributed by atoms with van der Waals surface area (Å²) in [6.07, 6.45) is 4.27. The Hall–Kier alpha value is -1.24. The molecule has 1 nitrogen and oxygen atoms in total. The van der Waals surface area contributed by atoms with Crippen LogP contribution < -0.4 is 4.90 Å². The topological polar surface area (TPSA) is 3.24 Å². The molecule has 0 bridgehead atoms. The van der Waals surface area contributed by atoms with E-state index in [1.807, 2.05) is 6.07 Å². The number of para-hydroxylation sites is 1. The number of likely N-dealkylation sites (N-methyl/N-ethyl adjacent to an activating group) is 1. The van der Waals surface area contributed by atoms with Crippen molar-refractivity contribution in [1.82, 2.24) is 0 Å². The maximum Gasteiger partial charge on any atom is 0.0368 e. The zero-order chi connectivity index (χ0) is 9.52. The summed E-state index contributed by atoms with van der Waals surface area (Å²) in [6.45, 7) is 6.28. The molecular weight excluding hydrogens is 158 g/mol. The highest BCUT2D eigenvalue weighted by Gasteiger charge is 1.98. The van der Waals surface area contributed by atoms with Crippen molar-refractivity contribution in [2.75, 3.05) is 18.0 Å². The molecule has 1 rings (SSSR count). The van der Waals surface area contributed by atoms with Gasteiger partial charge in [-0.3, -0.25) is 0 Å². The molecule has 0 fully saturated rings. The van der Waals surface area contributed by atoms with E-state index < -0.39 is 0 Å². The maximum absolute atomic E-state index is 2.33. The normalized spacial score (nSPS) is 10.6. The lowest BCUT2D eigenvalue weighted by molar-refractivity contribution is 0.905. The Labute approximate surface area is 80.7 Å². The van der Waals surface area contributed by atoms with E-state index in [-0.39, 0.29) is 0 Å². The number of hydrogen-bond acceptors (Lipinski definition) is 1. The second-order valence-electron chi connectivity index (χ2n) is 2.94. The molecule has 0 aliphatic carbocycles. The van der Waals surface area contributed by atoms with Crippen molar-refractivity contribution >= 4 is 5.69 Å². The van der Waals surface area contributed by atoms with E-state index in [2.05, 4.69) is 55.2 Å². The van der Waals surface area contributed by atoms with Crippen LogP contribution in [-0.4, -0.2) is 13.1 Å². The van der Waals surface area contributed by atoms with Gasteiger partial charge >= 0.3 is 0 Å². The van der Waals surface area contributed by atoms with Crippen molar-refractivity contribution < 1.29 is 0 Å². The van der Waals surface area contributed by atoms with Gasteiger partial charge in [-0.15, -0.1) is 0 Å². The van der Waals surface area contributed by atoms with Crippen LogP contribution in [0.5, 0.6) is 0 Å². The van der Waals surface area contributed by atoms with E-state index in [1.54, 1.807) is 0 Å². The Kier molecular flexibility index (Phi) is 4.10. The van der Waals surface area contributed by atoms with Gasteiger partial charge in [0.1, 0.15) is 0 Å². The summed E-state index contributed by atoms with van der Waals surface area (Å²) >= 11 is 0. The first kappa shape index (κ1) is 9.85. The lowest BCUT2D eigenvalue weighted by Crippen LogP contribution is -2.22. The summed E-state index contributed by atoms with van der Waals surface area (Å²) < 4.78 is 0. The predicted octanol–water partition coefficient (Wildman–Crippen LogP) is 3.09. The second kappa shape index (κ2) is 5.41. The highest BCUT2D eigenvalue weighted by molar-refractivity contribution is 5.46. The van der Waals surface area contributed by atoms with Crippen LogP contribution in [0, 0.1) is 0 Å². The van der Waals surface area contributed by atoms with Crippen molar-refractivity contribution in [1.29, 1.82) is 0 Å². The molecule has 0 saturated heterocycles. The van der Waals surface area contributed by atoms with Gasteiger partial charge in [0.05, 0.1) is 0 Å². The summed E-state index contributed by atoms with van der Waals surface area (Å²) in [7, 11) is 0. The van der Waals surface area contributed by atoms with Gasteiger partial charge in [0, 0.05) is 18.8 Å². The quantitative estimate of drug-likeness (QED) is 0.636. The Balaban J connectivity index is 2.67. The number of benzene rings is 1. The van der Waals surface area contributed by atoms with Crippen LogP contribution in [0.1, 0.15) is 13.8 Å². The molecule has 0 atom stereocenters. The summed E-state index contributed by atoms with van der Waals surface area (Å²) in [5.74, 6) is 0. The standard InChI is InChI=1S/C12H17N/c1-3-5-11-13(4-2)12-9-7-6-8-10-12/h3,5-10H,4,11H2,1-2H3. The van der Waals surface area contributed by atoms with Gasteiger partial charge in [-0.25, -0.2) is 0 Å². The first-order valence-corrected chi connectivity index (χ1v) is 4.79. The van der Waals surface area contributed by atoms with Crippen LogP contribution in [-0.2, 0) is 0 Å². The van der Waals surface area contributed by atoms with Crippen molar-refractivity contribution in [2.45, 2.75) is 13.8 Å². The van der Waals surface area contributed by atoms with Crippen molar-refractivity contribution in [3.8, 4) is 0 Å². The fourth-order valence-electron chi connectivity index (χ4n) is 1.29. The van der Waals surface area contributed by atoms with Crippen LogP contribution >= 0.6 is 0 Å². The number of rotatable bonds is 4. The molecule has 0 amide bonds. The van der Waals surface area contributed by atoms with E-state index in [4.69, 9.17) is 0 Å². The minimum Gasteiger partial charge on any atom is -0.368 e. The minimum absolute atomic E-state index is 0.997. The monoisotopic (exact) mass is 175 g/mol. The molecule has 0 aliphatic heterocycles. The molecule has 0 aliphatic rings. The molecule has 0 saturated carbocycles. The fraction of sp³-hybridized carbons (Fsp3) is 0.333. The molecule has 13 heavy (non-hydrogen) atoms. The maximum atomic E-state index is 2.33. The van der Waals surface area contributed by atoms with E-state index in [0.29, 0.717) is 0 Å². The molecule has 70 valence electrons. The van der Waals surface area contributed by atoms with Gasteiger partial charge in [0.2, 0.25) is 0 Å². The molecule has 0 radical (unpaired) electrons. The summed E-state index contributed by atoms with van der Waals surface area (Å²) in [4.78, 5) is 2.33. The van der Waals surface area contributed by atoms with Gasteiger partial charge in [-0.1, -0.05) is 30.4 Å². The average molecular weight is 175 g/mol. The molecule has 1 aromatic carbocycles. The highest BCUT2D eigenvalue weighted by Crippen LogP contribution is 2.11. The van der Waals surface area contributed by atoms with E-state index >= 15 is 0 Å².